The third kappa shape index (κ3) is 1.96. The minimum absolute atomic E-state index is 0.0784. The molecule has 1 atom stereocenters. The van der Waals surface area contributed by atoms with Crippen LogP contribution in [0, 0.1) is 19.8 Å². The van der Waals surface area contributed by atoms with Gasteiger partial charge in [0.2, 0.25) is 0 Å². The lowest BCUT2D eigenvalue weighted by atomic mass is 10.1. The molecule has 88 valence electrons. The van der Waals surface area contributed by atoms with Gasteiger partial charge in [-0.25, -0.2) is 0 Å². The molecule has 1 heterocycles. The molecule has 0 saturated heterocycles. The van der Waals surface area contributed by atoms with E-state index in [0.717, 1.165) is 22.9 Å². The molecule has 1 fully saturated rings. The third-order valence-electron chi connectivity index (χ3n) is 3.49. The summed E-state index contributed by atoms with van der Waals surface area (Å²) in [7, 11) is 0. The van der Waals surface area contributed by atoms with Crippen molar-refractivity contribution in [3.63, 3.8) is 0 Å². The van der Waals surface area contributed by atoms with Crippen LogP contribution >= 0.6 is 0 Å². The van der Waals surface area contributed by atoms with Gasteiger partial charge in [-0.15, -0.1) is 0 Å². The zero-order chi connectivity index (χ0) is 11.9. The summed E-state index contributed by atoms with van der Waals surface area (Å²) < 4.78 is 2.01. The van der Waals surface area contributed by atoms with Gasteiger partial charge in [0, 0.05) is 11.3 Å². The molecule has 1 aromatic heterocycles. The van der Waals surface area contributed by atoms with Gasteiger partial charge in [0.05, 0.1) is 18.2 Å². The molecule has 1 aliphatic carbocycles. The van der Waals surface area contributed by atoms with Gasteiger partial charge >= 0.3 is 5.97 Å². The Labute approximate surface area is 95.3 Å². The molecule has 0 bridgehead atoms. The van der Waals surface area contributed by atoms with Crippen molar-refractivity contribution in [3.05, 3.63) is 17.0 Å². The van der Waals surface area contributed by atoms with E-state index in [1.54, 1.807) is 0 Å². The molecule has 0 aromatic carbocycles. The highest BCUT2D eigenvalue weighted by Crippen LogP contribution is 2.40. The van der Waals surface area contributed by atoms with Crippen LogP contribution in [0.4, 0.5) is 0 Å². The van der Waals surface area contributed by atoms with Crippen LogP contribution in [0.15, 0.2) is 0 Å². The standard InChI is InChI=1S/C12H18N2O2/c1-7-11(6-12(15)16)9(3)14(13-7)8(2)10-4-5-10/h8,10H,4-6H2,1-3H3,(H,15,16). The topological polar surface area (TPSA) is 55.1 Å². The van der Waals surface area contributed by atoms with E-state index in [2.05, 4.69) is 12.0 Å². The van der Waals surface area contributed by atoms with Crippen molar-refractivity contribution in [2.75, 3.05) is 0 Å². The van der Waals surface area contributed by atoms with Crippen LogP contribution in [0.5, 0.6) is 0 Å². The monoisotopic (exact) mass is 222 g/mol. The average Bonchev–Trinajstić information content (AvgIpc) is 3.00. The van der Waals surface area contributed by atoms with Gasteiger partial charge in [-0.05, 0) is 39.5 Å². The van der Waals surface area contributed by atoms with Gasteiger partial charge in [-0.3, -0.25) is 9.48 Å². The summed E-state index contributed by atoms with van der Waals surface area (Å²) >= 11 is 0. The second-order valence-electron chi connectivity index (χ2n) is 4.74. The van der Waals surface area contributed by atoms with E-state index in [1.807, 2.05) is 18.5 Å². The Balaban J connectivity index is 2.29. The summed E-state index contributed by atoms with van der Waals surface area (Å²) in [5, 5.41) is 13.3. The maximum absolute atomic E-state index is 10.8. The molecule has 0 spiro atoms. The molecule has 0 aliphatic heterocycles. The van der Waals surface area contributed by atoms with Crippen molar-refractivity contribution in [2.45, 2.75) is 46.1 Å². The maximum atomic E-state index is 10.8. The molecule has 1 unspecified atom stereocenters. The van der Waals surface area contributed by atoms with Crippen molar-refractivity contribution in [1.29, 1.82) is 0 Å². The van der Waals surface area contributed by atoms with Gasteiger partial charge < -0.3 is 5.11 Å². The van der Waals surface area contributed by atoms with Gasteiger partial charge in [0.1, 0.15) is 0 Å². The number of aromatic nitrogens is 2. The molecule has 0 radical (unpaired) electrons. The van der Waals surface area contributed by atoms with E-state index >= 15 is 0 Å². The van der Waals surface area contributed by atoms with E-state index in [-0.39, 0.29) is 6.42 Å². The van der Waals surface area contributed by atoms with Gasteiger partial charge in [0.15, 0.2) is 0 Å². The molecule has 1 N–H and O–H groups in total. The van der Waals surface area contributed by atoms with Gasteiger partial charge in [-0.1, -0.05) is 0 Å². The van der Waals surface area contributed by atoms with E-state index in [4.69, 9.17) is 5.11 Å². The van der Waals surface area contributed by atoms with Crippen molar-refractivity contribution in [2.24, 2.45) is 5.92 Å². The van der Waals surface area contributed by atoms with Crippen LogP contribution in [0.1, 0.15) is 42.8 Å². The highest BCUT2D eigenvalue weighted by Gasteiger charge is 2.31. The quantitative estimate of drug-likeness (QED) is 0.848. The van der Waals surface area contributed by atoms with Crippen LogP contribution in [-0.2, 0) is 11.2 Å². The Hall–Kier alpha value is -1.32. The zero-order valence-corrected chi connectivity index (χ0v) is 10.0. The van der Waals surface area contributed by atoms with Crippen molar-refractivity contribution in [1.82, 2.24) is 9.78 Å². The molecule has 4 heteroatoms. The fraction of sp³-hybridized carbons (Fsp3) is 0.667. The van der Waals surface area contributed by atoms with E-state index in [1.165, 1.54) is 12.8 Å². The number of aryl methyl sites for hydroxylation is 1. The summed E-state index contributed by atoms with van der Waals surface area (Å²) in [4.78, 5) is 10.8. The number of carboxylic acids is 1. The maximum Gasteiger partial charge on any atom is 0.307 e. The van der Waals surface area contributed by atoms with Crippen molar-refractivity contribution >= 4 is 5.97 Å². The lowest BCUT2D eigenvalue weighted by molar-refractivity contribution is -0.136. The molecule has 1 aromatic rings. The Kier molecular flexibility index (Phi) is 2.74. The second-order valence-corrected chi connectivity index (χ2v) is 4.74. The van der Waals surface area contributed by atoms with Crippen LogP contribution in [0.2, 0.25) is 0 Å². The fourth-order valence-electron chi connectivity index (χ4n) is 2.28. The normalized spacial score (nSPS) is 17.4. The fourth-order valence-corrected chi connectivity index (χ4v) is 2.28. The summed E-state index contributed by atoms with van der Waals surface area (Å²) in [5.74, 6) is -0.0551. The number of hydrogen-bond donors (Lipinski definition) is 1. The van der Waals surface area contributed by atoms with Gasteiger partial charge in [0.25, 0.3) is 0 Å². The Bertz CT molecular complexity index is 419. The molecule has 16 heavy (non-hydrogen) atoms. The Morgan fingerprint density at radius 1 is 1.56 bits per heavy atom. The summed E-state index contributed by atoms with van der Waals surface area (Å²) in [6.45, 7) is 6.03. The van der Waals surface area contributed by atoms with E-state index in [9.17, 15) is 4.79 Å². The number of hydrogen-bond acceptors (Lipinski definition) is 2. The van der Waals surface area contributed by atoms with Crippen LogP contribution in [0.25, 0.3) is 0 Å². The van der Waals surface area contributed by atoms with Crippen LogP contribution < -0.4 is 0 Å². The highest BCUT2D eigenvalue weighted by molar-refractivity contribution is 5.70. The molecule has 2 rings (SSSR count). The first-order valence-corrected chi connectivity index (χ1v) is 5.77. The molecule has 1 saturated carbocycles. The third-order valence-corrected chi connectivity index (χ3v) is 3.49. The lowest BCUT2D eigenvalue weighted by Crippen LogP contribution is -2.11. The predicted molar refractivity (Wildman–Crippen MR) is 60.5 cm³/mol. The second kappa shape index (κ2) is 3.92. The molecule has 0 amide bonds. The zero-order valence-electron chi connectivity index (χ0n) is 10.0. The minimum atomic E-state index is -0.787. The molecular weight excluding hydrogens is 204 g/mol. The first kappa shape index (κ1) is 11.2. The first-order chi connectivity index (χ1) is 7.50. The predicted octanol–water partition coefficient (Wildman–Crippen LogP) is 2.10. The molecule has 1 aliphatic rings. The van der Waals surface area contributed by atoms with Crippen LogP contribution in [-0.4, -0.2) is 20.9 Å². The lowest BCUT2D eigenvalue weighted by Gasteiger charge is -2.13. The van der Waals surface area contributed by atoms with Gasteiger partial charge in [-0.2, -0.15) is 5.10 Å². The largest absolute Gasteiger partial charge is 0.481 e. The summed E-state index contributed by atoms with van der Waals surface area (Å²) in [5.41, 5.74) is 2.74. The average molecular weight is 222 g/mol. The number of carboxylic acid groups (broad SMARTS) is 1. The van der Waals surface area contributed by atoms with Crippen molar-refractivity contribution < 1.29 is 9.90 Å². The molecular formula is C12H18N2O2. The first-order valence-electron chi connectivity index (χ1n) is 5.77. The Morgan fingerprint density at radius 2 is 2.19 bits per heavy atom. The number of carbonyl (C=O) groups is 1. The number of aliphatic carboxylic acids is 1. The number of rotatable bonds is 4. The SMILES string of the molecule is Cc1nn(C(C)C2CC2)c(C)c1CC(=O)O. The summed E-state index contributed by atoms with van der Waals surface area (Å²) in [6, 6.07) is 0.404. The molecule has 4 nitrogen and oxygen atoms in total. The summed E-state index contributed by atoms with van der Waals surface area (Å²) in [6.07, 6.45) is 2.62. The minimum Gasteiger partial charge on any atom is -0.481 e. The Morgan fingerprint density at radius 3 is 2.69 bits per heavy atom. The number of nitrogens with zero attached hydrogens (tertiary/aromatic N) is 2. The van der Waals surface area contributed by atoms with E-state index < -0.39 is 5.97 Å². The highest BCUT2D eigenvalue weighted by atomic mass is 16.4. The van der Waals surface area contributed by atoms with Crippen molar-refractivity contribution in [3.8, 4) is 0 Å². The smallest absolute Gasteiger partial charge is 0.307 e. The van der Waals surface area contributed by atoms with E-state index in [0.29, 0.717) is 6.04 Å². The van der Waals surface area contributed by atoms with Crippen LogP contribution in [0.3, 0.4) is 0 Å².